The first-order valence-corrected chi connectivity index (χ1v) is 2.93. The van der Waals surface area contributed by atoms with Gasteiger partial charge in [0.15, 0.2) is 0 Å². The minimum absolute atomic E-state index is 2.00. The molecule has 1 aliphatic heterocycles. The molecule has 0 amide bonds. The van der Waals surface area contributed by atoms with Crippen molar-refractivity contribution in [2.45, 2.75) is 17.2 Å². The Labute approximate surface area is 63.8 Å². The largest absolute Gasteiger partial charge is 0.490 e. The lowest BCUT2D eigenvalue weighted by atomic mass is 10.7. The maximum atomic E-state index is 12.3. The molecule has 0 spiro atoms. The number of alkyl halides is 5. The van der Waals surface area contributed by atoms with Crippen LogP contribution in [-0.4, -0.2) is 17.2 Å². The molecule has 1 rings (SSSR count). The van der Waals surface area contributed by atoms with E-state index in [-0.39, 0.29) is 0 Å². The molecule has 1 heterocycles. The van der Waals surface area contributed by atoms with Crippen molar-refractivity contribution in [3.05, 3.63) is 0 Å². The molecule has 1 aliphatic rings. The fourth-order valence-electron chi connectivity index (χ4n) is 0.418. The maximum Gasteiger partial charge on any atom is 0.490 e. The second kappa shape index (κ2) is 2.14. The molecule has 0 aromatic heterocycles. The Bertz CT molecular complexity index is 151. The van der Waals surface area contributed by atoms with Crippen molar-refractivity contribution in [2.75, 3.05) is 0 Å². The highest BCUT2D eigenvalue weighted by atomic mass is 35.5. The average molecular weight is 197 g/mol. The van der Waals surface area contributed by atoms with E-state index in [1.54, 1.807) is 0 Å². The molecule has 0 aromatic rings. The summed E-state index contributed by atoms with van der Waals surface area (Å²) in [6.45, 7) is 0. The highest BCUT2D eigenvalue weighted by Gasteiger charge is 2.59. The van der Waals surface area contributed by atoms with Crippen molar-refractivity contribution in [2.24, 2.45) is 0 Å². The summed E-state index contributed by atoms with van der Waals surface area (Å²) in [6, 6.07) is 0. The number of hydrogen-bond donors (Lipinski definition) is 0. The molecule has 0 saturated carbocycles. The minimum atomic E-state index is -4.04. The van der Waals surface area contributed by atoms with Gasteiger partial charge in [0.1, 0.15) is 0 Å². The van der Waals surface area contributed by atoms with Gasteiger partial charge in [-0.05, 0) is 11.6 Å². The zero-order chi connectivity index (χ0) is 7.99. The topological polar surface area (TPSA) is 18.5 Å². The molecule has 1 saturated heterocycles. The molecule has 0 aliphatic carbocycles. The van der Waals surface area contributed by atoms with Crippen molar-refractivity contribution in [1.82, 2.24) is 0 Å². The zero-order valence-corrected chi connectivity index (χ0v) is 5.80. The molecule has 2 atom stereocenters. The van der Waals surface area contributed by atoms with E-state index < -0.39 is 17.2 Å². The van der Waals surface area contributed by atoms with E-state index in [1.807, 2.05) is 0 Å². The normalized spacial score (nSPS) is 45.9. The minimum Gasteiger partial charge on any atom is -0.268 e. The van der Waals surface area contributed by atoms with Crippen molar-refractivity contribution in [3.63, 3.8) is 0 Å². The smallest absolute Gasteiger partial charge is 0.268 e. The van der Waals surface area contributed by atoms with E-state index in [0.29, 0.717) is 0 Å². The van der Waals surface area contributed by atoms with Crippen molar-refractivity contribution >= 4 is 23.2 Å². The van der Waals surface area contributed by atoms with Crippen LogP contribution in [-0.2, 0) is 9.47 Å². The summed E-state index contributed by atoms with van der Waals surface area (Å²) in [7, 11) is 0. The molecule has 2 unspecified atom stereocenters. The van der Waals surface area contributed by atoms with Gasteiger partial charge in [-0.15, -0.1) is 8.78 Å². The Balaban J connectivity index is 2.71. The number of rotatable bonds is 0. The van der Waals surface area contributed by atoms with Crippen LogP contribution in [0.4, 0.5) is 13.2 Å². The first-order chi connectivity index (χ1) is 4.33. The quantitative estimate of drug-likeness (QED) is 0.553. The molecule has 2 nitrogen and oxygen atoms in total. The zero-order valence-electron chi connectivity index (χ0n) is 4.28. The number of ether oxygens (including phenoxy) is 2. The maximum absolute atomic E-state index is 12.3. The average Bonchev–Trinajstić information content (AvgIpc) is 1.73. The predicted molar refractivity (Wildman–Crippen MR) is 26.4 cm³/mol. The molecular weight excluding hydrogens is 196 g/mol. The summed E-state index contributed by atoms with van der Waals surface area (Å²) >= 11 is 9.53. The highest BCUT2D eigenvalue weighted by Crippen LogP contribution is 2.43. The molecular formula is C3HCl2F3O2. The second-order valence-corrected chi connectivity index (χ2v) is 2.47. The van der Waals surface area contributed by atoms with Gasteiger partial charge >= 0.3 is 11.6 Å². The van der Waals surface area contributed by atoms with Crippen LogP contribution >= 0.6 is 23.2 Å². The Kier molecular flexibility index (Phi) is 1.79. The Morgan fingerprint density at radius 1 is 1.30 bits per heavy atom. The van der Waals surface area contributed by atoms with Gasteiger partial charge in [-0.1, -0.05) is 11.6 Å². The standard InChI is InChI=1S/C3HCl2F3O2/c4-1-2(5,6)10-3(7,8)9-1/h1H. The van der Waals surface area contributed by atoms with Gasteiger partial charge in [-0.2, -0.15) is 4.39 Å². The lowest BCUT2D eigenvalue weighted by Crippen LogP contribution is -2.24. The number of hydrogen-bond acceptors (Lipinski definition) is 2. The predicted octanol–water partition coefficient (Wildman–Crippen LogP) is 2.01. The molecule has 0 aromatic carbocycles. The molecule has 1 fully saturated rings. The fraction of sp³-hybridized carbons (Fsp3) is 1.00. The van der Waals surface area contributed by atoms with Crippen LogP contribution in [0.1, 0.15) is 0 Å². The third-order valence-electron chi connectivity index (χ3n) is 0.760. The van der Waals surface area contributed by atoms with E-state index in [0.717, 1.165) is 0 Å². The lowest BCUT2D eigenvalue weighted by Gasteiger charge is -2.08. The summed E-state index contributed by atoms with van der Waals surface area (Å²) in [6.07, 6.45) is -4.04. The van der Waals surface area contributed by atoms with Crippen molar-refractivity contribution in [3.8, 4) is 0 Å². The SMILES string of the molecule is FC1(F)OC(Cl)C(F)(Cl)O1. The molecule has 0 N–H and O–H groups in total. The Morgan fingerprint density at radius 3 is 1.90 bits per heavy atom. The van der Waals surface area contributed by atoms with Crippen LogP contribution in [0.2, 0.25) is 0 Å². The molecule has 10 heavy (non-hydrogen) atoms. The van der Waals surface area contributed by atoms with Crippen LogP contribution in [0.3, 0.4) is 0 Å². The first-order valence-electron chi connectivity index (χ1n) is 2.11. The third kappa shape index (κ3) is 1.47. The second-order valence-electron chi connectivity index (χ2n) is 1.56. The first kappa shape index (κ1) is 8.39. The lowest BCUT2D eigenvalue weighted by molar-refractivity contribution is -0.358. The summed E-state index contributed by atoms with van der Waals surface area (Å²) in [5, 5.41) is -3.15. The summed E-state index contributed by atoms with van der Waals surface area (Å²) in [4.78, 5) is 0. The van der Waals surface area contributed by atoms with Crippen molar-refractivity contribution in [1.29, 1.82) is 0 Å². The van der Waals surface area contributed by atoms with E-state index in [1.165, 1.54) is 0 Å². The summed E-state index contributed by atoms with van der Waals surface area (Å²) in [5.41, 5.74) is -2.00. The van der Waals surface area contributed by atoms with Gasteiger partial charge in [0.05, 0.1) is 0 Å². The molecule has 0 bridgehead atoms. The molecule has 7 heteroatoms. The van der Waals surface area contributed by atoms with E-state index in [4.69, 9.17) is 11.6 Å². The van der Waals surface area contributed by atoms with Crippen LogP contribution in [0.15, 0.2) is 0 Å². The monoisotopic (exact) mass is 196 g/mol. The fourth-order valence-corrected chi connectivity index (χ4v) is 0.700. The van der Waals surface area contributed by atoms with Gasteiger partial charge in [-0.3, -0.25) is 4.74 Å². The van der Waals surface area contributed by atoms with Crippen molar-refractivity contribution < 1.29 is 22.6 Å². The third-order valence-corrected chi connectivity index (χ3v) is 1.52. The van der Waals surface area contributed by atoms with Gasteiger partial charge in [0, 0.05) is 0 Å². The summed E-state index contributed by atoms with van der Waals surface area (Å²) in [5.74, 6) is 0. The Morgan fingerprint density at radius 2 is 1.80 bits per heavy atom. The van der Waals surface area contributed by atoms with E-state index in [9.17, 15) is 13.2 Å². The molecule has 60 valence electrons. The van der Waals surface area contributed by atoms with E-state index in [2.05, 4.69) is 21.1 Å². The number of halogens is 5. The van der Waals surface area contributed by atoms with Crippen LogP contribution in [0, 0.1) is 0 Å². The van der Waals surface area contributed by atoms with Gasteiger partial charge in [0.25, 0.3) is 0 Å². The van der Waals surface area contributed by atoms with Gasteiger partial charge in [-0.25, -0.2) is 4.74 Å². The van der Waals surface area contributed by atoms with Gasteiger partial charge in [0.2, 0.25) is 5.56 Å². The van der Waals surface area contributed by atoms with Crippen LogP contribution < -0.4 is 0 Å². The molecule has 0 radical (unpaired) electrons. The van der Waals surface area contributed by atoms with E-state index >= 15 is 0 Å². The highest BCUT2D eigenvalue weighted by molar-refractivity contribution is 6.30. The van der Waals surface area contributed by atoms with Gasteiger partial charge < -0.3 is 0 Å². The van der Waals surface area contributed by atoms with Crippen LogP contribution in [0.5, 0.6) is 0 Å². The summed E-state index contributed by atoms with van der Waals surface area (Å²) < 4.78 is 42.7. The Hall–Kier alpha value is 0.290. The van der Waals surface area contributed by atoms with Crippen LogP contribution in [0.25, 0.3) is 0 Å².